The first-order valence-electron chi connectivity index (χ1n) is 6.31. The highest BCUT2D eigenvalue weighted by Crippen LogP contribution is 2.19. The normalized spacial score (nSPS) is 13.0. The molecular formula is C14H23FN2O. The lowest BCUT2D eigenvalue weighted by Crippen LogP contribution is -2.27. The minimum Gasteiger partial charge on any atom is -0.395 e. The number of halogens is 1. The fraction of sp³-hybridized carbons (Fsp3) is 0.571. The predicted molar refractivity (Wildman–Crippen MR) is 72.1 cm³/mol. The number of hydrogen-bond acceptors (Lipinski definition) is 3. The van der Waals surface area contributed by atoms with Crippen molar-refractivity contribution < 1.29 is 9.50 Å². The molecule has 0 aromatic heterocycles. The molecule has 0 amide bonds. The first-order chi connectivity index (χ1) is 8.58. The van der Waals surface area contributed by atoms with Gasteiger partial charge in [0.2, 0.25) is 0 Å². The molecule has 0 aliphatic carbocycles. The summed E-state index contributed by atoms with van der Waals surface area (Å²) in [6.45, 7) is 3.46. The molecule has 1 aromatic carbocycles. The molecule has 1 atom stereocenters. The van der Waals surface area contributed by atoms with Gasteiger partial charge in [-0.2, -0.15) is 0 Å². The van der Waals surface area contributed by atoms with Crippen LogP contribution in [0.5, 0.6) is 0 Å². The van der Waals surface area contributed by atoms with Crippen LogP contribution >= 0.6 is 0 Å². The summed E-state index contributed by atoms with van der Waals surface area (Å²) in [6.07, 6.45) is 0.884. The molecule has 0 aliphatic heterocycles. The van der Waals surface area contributed by atoms with Gasteiger partial charge in [-0.3, -0.25) is 0 Å². The van der Waals surface area contributed by atoms with E-state index in [1.54, 1.807) is 13.0 Å². The Morgan fingerprint density at radius 1 is 1.39 bits per heavy atom. The summed E-state index contributed by atoms with van der Waals surface area (Å²) in [5.74, 6) is -0.156. The molecular weight excluding hydrogens is 231 g/mol. The Morgan fingerprint density at radius 3 is 2.67 bits per heavy atom. The number of aliphatic hydroxyl groups excluding tert-OH is 1. The summed E-state index contributed by atoms with van der Waals surface area (Å²) in [6, 6.07) is 5.52. The zero-order chi connectivity index (χ0) is 13.5. The molecule has 0 heterocycles. The van der Waals surface area contributed by atoms with Crippen molar-refractivity contribution in [3.05, 3.63) is 35.1 Å². The number of rotatable bonds is 7. The monoisotopic (exact) mass is 254 g/mol. The van der Waals surface area contributed by atoms with Crippen molar-refractivity contribution in [2.75, 3.05) is 33.8 Å². The van der Waals surface area contributed by atoms with E-state index in [4.69, 9.17) is 5.11 Å². The summed E-state index contributed by atoms with van der Waals surface area (Å²) in [4.78, 5) is 2.06. The molecule has 3 nitrogen and oxygen atoms in total. The van der Waals surface area contributed by atoms with E-state index in [1.807, 2.05) is 26.2 Å². The Hall–Kier alpha value is -0.970. The van der Waals surface area contributed by atoms with Crippen LogP contribution in [0, 0.1) is 12.7 Å². The molecule has 0 aliphatic rings. The van der Waals surface area contributed by atoms with Crippen molar-refractivity contribution in [1.29, 1.82) is 0 Å². The number of nitrogens with one attached hydrogen (secondary N) is 1. The van der Waals surface area contributed by atoms with Crippen LogP contribution in [0.15, 0.2) is 18.2 Å². The predicted octanol–water partition coefficient (Wildman–Crippen LogP) is 1.71. The van der Waals surface area contributed by atoms with Crippen molar-refractivity contribution in [2.45, 2.75) is 19.4 Å². The van der Waals surface area contributed by atoms with E-state index < -0.39 is 0 Å². The highest BCUT2D eigenvalue weighted by molar-refractivity contribution is 5.25. The van der Waals surface area contributed by atoms with Gasteiger partial charge in [-0.1, -0.05) is 12.1 Å². The summed E-state index contributed by atoms with van der Waals surface area (Å²) in [5, 5.41) is 12.0. The third kappa shape index (κ3) is 4.37. The zero-order valence-electron chi connectivity index (χ0n) is 11.4. The second kappa shape index (κ2) is 7.46. The summed E-state index contributed by atoms with van der Waals surface area (Å²) in [5.41, 5.74) is 1.64. The van der Waals surface area contributed by atoms with Gasteiger partial charge >= 0.3 is 0 Å². The number of aryl methyl sites for hydroxylation is 1. The van der Waals surface area contributed by atoms with Crippen LogP contribution in [0.1, 0.15) is 23.6 Å². The fourth-order valence-corrected chi connectivity index (χ4v) is 1.94. The maximum absolute atomic E-state index is 13.5. The van der Waals surface area contributed by atoms with Gasteiger partial charge in [-0.15, -0.1) is 0 Å². The number of benzene rings is 1. The van der Waals surface area contributed by atoms with Gasteiger partial charge in [0, 0.05) is 12.6 Å². The largest absolute Gasteiger partial charge is 0.395 e. The van der Waals surface area contributed by atoms with Gasteiger partial charge in [0.15, 0.2) is 0 Å². The molecule has 0 saturated heterocycles. The standard InChI is InChI=1S/C14H23FN2O/c1-11-4-5-12(10-13(11)15)14(16-2)6-7-17(3)8-9-18/h4-5,10,14,16,18H,6-9H2,1-3H3. The maximum atomic E-state index is 13.5. The molecule has 18 heavy (non-hydrogen) atoms. The Balaban J connectivity index is 2.62. The fourth-order valence-electron chi connectivity index (χ4n) is 1.94. The van der Waals surface area contributed by atoms with Crippen LogP contribution in [0.2, 0.25) is 0 Å². The van der Waals surface area contributed by atoms with Crippen LogP contribution in [-0.4, -0.2) is 43.8 Å². The second-order valence-corrected chi connectivity index (χ2v) is 4.67. The molecule has 4 heteroatoms. The summed E-state index contributed by atoms with van der Waals surface area (Å²) >= 11 is 0. The Bertz CT molecular complexity index is 371. The van der Waals surface area contributed by atoms with Crippen LogP contribution in [-0.2, 0) is 0 Å². The number of aliphatic hydroxyl groups is 1. The van der Waals surface area contributed by atoms with Crippen molar-refractivity contribution in [3.63, 3.8) is 0 Å². The summed E-state index contributed by atoms with van der Waals surface area (Å²) in [7, 11) is 3.85. The number of likely N-dealkylation sites (N-methyl/N-ethyl adjacent to an activating group) is 1. The SMILES string of the molecule is CNC(CCN(C)CCO)c1ccc(C)c(F)c1. The molecule has 0 fully saturated rings. The minimum atomic E-state index is -0.156. The van der Waals surface area contributed by atoms with Crippen LogP contribution in [0.4, 0.5) is 4.39 Å². The zero-order valence-corrected chi connectivity index (χ0v) is 11.4. The van der Waals surface area contributed by atoms with E-state index >= 15 is 0 Å². The lowest BCUT2D eigenvalue weighted by Gasteiger charge is -2.21. The van der Waals surface area contributed by atoms with E-state index in [1.165, 1.54) is 0 Å². The van der Waals surface area contributed by atoms with Crippen molar-refractivity contribution >= 4 is 0 Å². The molecule has 0 bridgehead atoms. The van der Waals surface area contributed by atoms with Gasteiger partial charge in [0.1, 0.15) is 5.82 Å². The van der Waals surface area contributed by atoms with Gasteiger partial charge < -0.3 is 15.3 Å². The molecule has 1 unspecified atom stereocenters. The molecule has 2 N–H and O–H groups in total. The van der Waals surface area contributed by atoms with Crippen molar-refractivity contribution in [1.82, 2.24) is 10.2 Å². The molecule has 0 radical (unpaired) electrons. The topological polar surface area (TPSA) is 35.5 Å². The first-order valence-corrected chi connectivity index (χ1v) is 6.31. The quantitative estimate of drug-likeness (QED) is 0.777. The Labute approximate surface area is 109 Å². The Morgan fingerprint density at radius 2 is 2.11 bits per heavy atom. The number of hydrogen-bond donors (Lipinski definition) is 2. The van der Waals surface area contributed by atoms with E-state index in [9.17, 15) is 4.39 Å². The highest BCUT2D eigenvalue weighted by atomic mass is 19.1. The lowest BCUT2D eigenvalue weighted by atomic mass is 10.0. The highest BCUT2D eigenvalue weighted by Gasteiger charge is 2.11. The third-order valence-electron chi connectivity index (χ3n) is 3.23. The van der Waals surface area contributed by atoms with E-state index in [2.05, 4.69) is 10.2 Å². The van der Waals surface area contributed by atoms with Gasteiger partial charge in [0.25, 0.3) is 0 Å². The van der Waals surface area contributed by atoms with E-state index in [0.717, 1.165) is 18.5 Å². The third-order valence-corrected chi connectivity index (χ3v) is 3.23. The maximum Gasteiger partial charge on any atom is 0.126 e. The number of nitrogens with zero attached hydrogens (tertiary/aromatic N) is 1. The molecule has 102 valence electrons. The van der Waals surface area contributed by atoms with Crippen molar-refractivity contribution in [2.24, 2.45) is 0 Å². The average Bonchev–Trinajstić information content (AvgIpc) is 2.34. The molecule has 0 spiro atoms. The van der Waals surface area contributed by atoms with Crippen LogP contribution in [0.25, 0.3) is 0 Å². The lowest BCUT2D eigenvalue weighted by molar-refractivity contribution is 0.216. The molecule has 0 saturated carbocycles. The van der Waals surface area contributed by atoms with Crippen LogP contribution < -0.4 is 5.32 Å². The smallest absolute Gasteiger partial charge is 0.126 e. The van der Waals surface area contributed by atoms with Crippen LogP contribution in [0.3, 0.4) is 0 Å². The van der Waals surface area contributed by atoms with E-state index in [-0.39, 0.29) is 18.5 Å². The second-order valence-electron chi connectivity index (χ2n) is 4.67. The van der Waals surface area contributed by atoms with E-state index in [0.29, 0.717) is 12.1 Å². The summed E-state index contributed by atoms with van der Waals surface area (Å²) < 4.78 is 13.5. The van der Waals surface area contributed by atoms with Gasteiger partial charge in [-0.25, -0.2) is 4.39 Å². The molecule has 1 rings (SSSR count). The van der Waals surface area contributed by atoms with Gasteiger partial charge in [-0.05, 0) is 51.2 Å². The average molecular weight is 254 g/mol. The molecule has 1 aromatic rings. The Kier molecular flexibility index (Phi) is 6.25. The van der Waals surface area contributed by atoms with Crippen molar-refractivity contribution in [3.8, 4) is 0 Å². The first kappa shape index (κ1) is 15.1. The minimum absolute atomic E-state index is 0.140. The van der Waals surface area contributed by atoms with Gasteiger partial charge in [0.05, 0.1) is 6.61 Å².